The monoisotopic (exact) mass is 306 g/mol. The first kappa shape index (κ1) is 12.7. The van der Waals surface area contributed by atoms with E-state index >= 15 is 0 Å². The molecule has 18 heavy (non-hydrogen) atoms. The lowest BCUT2D eigenvalue weighted by molar-refractivity contribution is -0.140. The van der Waals surface area contributed by atoms with Crippen LogP contribution in [0.25, 0.3) is 10.9 Å². The Labute approximate surface area is 113 Å². The summed E-state index contributed by atoms with van der Waals surface area (Å²) in [6.45, 7) is 0.463. The number of ether oxygens (including phenoxy) is 1. The molecule has 0 radical (unpaired) electrons. The van der Waals surface area contributed by atoms with Crippen molar-refractivity contribution in [2.75, 3.05) is 7.11 Å². The molecule has 1 aromatic carbocycles. The highest BCUT2D eigenvalue weighted by atomic mass is 79.9. The third-order valence-electron chi connectivity index (χ3n) is 2.75. The molecular formula is C13H11BrN2O2. The van der Waals surface area contributed by atoms with Crippen LogP contribution >= 0.6 is 15.9 Å². The van der Waals surface area contributed by atoms with Gasteiger partial charge in [-0.25, -0.2) is 0 Å². The summed E-state index contributed by atoms with van der Waals surface area (Å²) in [6.07, 6.45) is 1.86. The summed E-state index contributed by atoms with van der Waals surface area (Å²) in [5.41, 5.74) is 1.57. The maximum Gasteiger partial charge on any atom is 0.321 e. The van der Waals surface area contributed by atoms with Gasteiger partial charge in [0.05, 0.1) is 18.7 Å². The molecule has 4 nitrogen and oxygen atoms in total. The van der Waals surface area contributed by atoms with E-state index in [-0.39, 0.29) is 5.97 Å². The minimum absolute atomic E-state index is 0.312. The smallest absolute Gasteiger partial charge is 0.321 e. The summed E-state index contributed by atoms with van der Waals surface area (Å²) >= 11 is 3.29. The van der Waals surface area contributed by atoms with Gasteiger partial charge in [-0.15, -0.1) is 0 Å². The van der Waals surface area contributed by atoms with Crippen molar-refractivity contribution in [3.05, 3.63) is 36.0 Å². The van der Waals surface area contributed by atoms with E-state index < -0.39 is 4.83 Å². The number of methoxy groups -OCH3 is 1. The lowest BCUT2D eigenvalue weighted by Crippen LogP contribution is -2.21. The van der Waals surface area contributed by atoms with Gasteiger partial charge in [-0.1, -0.05) is 22.0 Å². The zero-order valence-corrected chi connectivity index (χ0v) is 11.3. The van der Waals surface area contributed by atoms with E-state index in [1.54, 1.807) is 6.07 Å². The summed E-state index contributed by atoms with van der Waals surface area (Å²) in [5.74, 6) is -0.312. The number of aromatic nitrogens is 1. The lowest BCUT2D eigenvalue weighted by atomic mass is 10.1. The number of carbonyl (C=O) groups is 1. The van der Waals surface area contributed by atoms with Crippen molar-refractivity contribution < 1.29 is 9.53 Å². The van der Waals surface area contributed by atoms with Gasteiger partial charge in [-0.3, -0.25) is 4.79 Å². The SMILES string of the molecule is COC(=O)C(Br)Cn1ccc2c(C#N)cccc21. The van der Waals surface area contributed by atoms with Crippen molar-refractivity contribution >= 4 is 32.8 Å². The Balaban J connectivity index is 2.36. The van der Waals surface area contributed by atoms with E-state index in [9.17, 15) is 4.79 Å². The number of hydrogen-bond donors (Lipinski definition) is 0. The van der Waals surface area contributed by atoms with Crippen molar-refractivity contribution in [3.63, 3.8) is 0 Å². The van der Waals surface area contributed by atoms with Crippen LogP contribution in [0.15, 0.2) is 30.5 Å². The first-order chi connectivity index (χ1) is 8.67. The Morgan fingerprint density at radius 1 is 1.56 bits per heavy atom. The second kappa shape index (κ2) is 5.23. The molecule has 0 spiro atoms. The van der Waals surface area contributed by atoms with Gasteiger partial charge in [0.15, 0.2) is 0 Å². The molecule has 0 fully saturated rings. The predicted molar refractivity (Wildman–Crippen MR) is 71.4 cm³/mol. The zero-order valence-electron chi connectivity index (χ0n) is 9.76. The topological polar surface area (TPSA) is 55.0 Å². The fourth-order valence-corrected chi connectivity index (χ4v) is 2.35. The summed E-state index contributed by atoms with van der Waals surface area (Å²) < 4.78 is 6.59. The molecule has 1 heterocycles. The number of esters is 1. The number of rotatable bonds is 3. The van der Waals surface area contributed by atoms with Crippen molar-refractivity contribution in [1.82, 2.24) is 4.57 Å². The zero-order chi connectivity index (χ0) is 13.1. The maximum absolute atomic E-state index is 11.4. The van der Waals surface area contributed by atoms with E-state index in [0.717, 1.165) is 10.9 Å². The van der Waals surface area contributed by atoms with Gasteiger partial charge >= 0.3 is 5.97 Å². The molecule has 0 saturated heterocycles. The van der Waals surface area contributed by atoms with Crippen LogP contribution in [0.1, 0.15) is 5.56 Å². The Morgan fingerprint density at radius 2 is 2.33 bits per heavy atom. The fraction of sp³-hybridized carbons (Fsp3) is 0.231. The van der Waals surface area contributed by atoms with Crippen LogP contribution in [-0.2, 0) is 16.1 Å². The molecule has 1 unspecified atom stereocenters. The summed E-state index contributed by atoms with van der Waals surface area (Å²) in [6, 6.07) is 9.57. The second-order valence-corrected chi connectivity index (χ2v) is 4.91. The van der Waals surface area contributed by atoms with Crippen molar-refractivity contribution in [1.29, 1.82) is 5.26 Å². The Bertz CT molecular complexity index is 627. The Kier molecular flexibility index (Phi) is 3.68. The molecule has 0 saturated carbocycles. The quantitative estimate of drug-likeness (QED) is 0.646. The van der Waals surface area contributed by atoms with Crippen LogP contribution in [0.4, 0.5) is 0 Å². The molecule has 1 atom stereocenters. The van der Waals surface area contributed by atoms with Gasteiger partial charge in [0.25, 0.3) is 0 Å². The van der Waals surface area contributed by atoms with Gasteiger partial charge < -0.3 is 9.30 Å². The van der Waals surface area contributed by atoms with Crippen molar-refractivity contribution in [2.45, 2.75) is 11.4 Å². The first-order valence-corrected chi connectivity index (χ1v) is 6.28. The number of alkyl halides is 1. The third kappa shape index (κ3) is 2.24. The molecule has 0 bridgehead atoms. The van der Waals surface area contributed by atoms with Crippen LogP contribution in [0.5, 0.6) is 0 Å². The number of hydrogen-bond acceptors (Lipinski definition) is 3. The molecule has 0 aliphatic carbocycles. The summed E-state index contributed by atoms with van der Waals surface area (Å²) in [4.78, 5) is 11.0. The normalized spacial score (nSPS) is 12.1. The lowest BCUT2D eigenvalue weighted by Gasteiger charge is -2.10. The highest BCUT2D eigenvalue weighted by Crippen LogP contribution is 2.21. The first-order valence-electron chi connectivity index (χ1n) is 5.37. The van der Waals surface area contributed by atoms with Crippen LogP contribution in [0.2, 0.25) is 0 Å². The molecule has 0 amide bonds. The van der Waals surface area contributed by atoms with Gasteiger partial charge in [0.2, 0.25) is 0 Å². The minimum Gasteiger partial charge on any atom is -0.468 e. The molecule has 0 aliphatic heterocycles. The molecular weight excluding hydrogens is 296 g/mol. The molecule has 92 valence electrons. The number of nitrogens with zero attached hydrogens (tertiary/aromatic N) is 2. The average Bonchev–Trinajstić information content (AvgIpc) is 2.81. The molecule has 5 heteroatoms. The fourth-order valence-electron chi connectivity index (χ4n) is 1.86. The number of halogens is 1. The highest BCUT2D eigenvalue weighted by Gasteiger charge is 2.16. The van der Waals surface area contributed by atoms with E-state index in [4.69, 9.17) is 5.26 Å². The standard InChI is InChI=1S/C13H11BrN2O2/c1-18-13(17)11(14)8-16-6-5-10-9(7-15)3-2-4-12(10)16/h2-6,11H,8H2,1H3. The number of nitriles is 1. The minimum atomic E-state index is -0.399. The number of benzene rings is 1. The van der Waals surface area contributed by atoms with Gasteiger partial charge in [0.1, 0.15) is 4.83 Å². The van der Waals surface area contributed by atoms with E-state index in [1.807, 2.05) is 29.0 Å². The summed E-state index contributed by atoms with van der Waals surface area (Å²) in [5, 5.41) is 9.90. The van der Waals surface area contributed by atoms with Crippen LogP contribution in [-0.4, -0.2) is 22.5 Å². The average molecular weight is 307 g/mol. The molecule has 2 rings (SSSR count). The van der Waals surface area contributed by atoms with Crippen LogP contribution < -0.4 is 0 Å². The van der Waals surface area contributed by atoms with E-state index in [1.165, 1.54) is 7.11 Å². The second-order valence-electron chi connectivity index (χ2n) is 3.81. The third-order valence-corrected chi connectivity index (χ3v) is 3.41. The summed E-state index contributed by atoms with van der Waals surface area (Å²) in [7, 11) is 1.36. The predicted octanol–water partition coefficient (Wildman–Crippen LogP) is 2.45. The number of carbonyl (C=O) groups excluding carboxylic acids is 1. The van der Waals surface area contributed by atoms with Gasteiger partial charge in [0, 0.05) is 23.6 Å². The molecule has 0 aliphatic rings. The van der Waals surface area contributed by atoms with E-state index in [0.29, 0.717) is 12.1 Å². The van der Waals surface area contributed by atoms with Gasteiger partial charge in [-0.2, -0.15) is 5.26 Å². The van der Waals surface area contributed by atoms with Crippen molar-refractivity contribution in [3.8, 4) is 6.07 Å². The highest BCUT2D eigenvalue weighted by molar-refractivity contribution is 9.10. The largest absolute Gasteiger partial charge is 0.468 e. The Morgan fingerprint density at radius 3 is 3.00 bits per heavy atom. The van der Waals surface area contributed by atoms with Crippen LogP contribution in [0, 0.1) is 11.3 Å². The van der Waals surface area contributed by atoms with E-state index in [2.05, 4.69) is 26.7 Å². The van der Waals surface area contributed by atoms with Crippen molar-refractivity contribution in [2.24, 2.45) is 0 Å². The molecule has 0 N–H and O–H groups in total. The van der Waals surface area contributed by atoms with Crippen LogP contribution in [0.3, 0.4) is 0 Å². The molecule has 1 aromatic heterocycles. The van der Waals surface area contributed by atoms with Gasteiger partial charge in [-0.05, 0) is 18.2 Å². The Hall–Kier alpha value is -1.80. The maximum atomic E-state index is 11.4. The number of fused-ring (bicyclic) bond motifs is 1. The molecule has 2 aromatic rings.